The molecule has 138 valence electrons. The molecule has 8 nitrogen and oxygen atoms in total. The van der Waals surface area contributed by atoms with Gasteiger partial charge < -0.3 is 9.84 Å². The molecule has 0 spiro atoms. The summed E-state index contributed by atoms with van der Waals surface area (Å²) < 4.78 is 4.85. The van der Waals surface area contributed by atoms with Crippen molar-refractivity contribution >= 4 is 17.6 Å². The number of aryl methyl sites for hydroxylation is 1. The molecule has 0 unspecified atom stereocenters. The van der Waals surface area contributed by atoms with Crippen molar-refractivity contribution in [1.82, 2.24) is 20.4 Å². The molecular formula is C18H23N5O3. The molecule has 1 aliphatic rings. The Kier molecular flexibility index (Phi) is 5.96. The van der Waals surface area contributed by atoms with Crippen LogP contribution in [0.1, 0.15) is 24.2 Å². The predicted octanol–water partition coefficient (Wildman–Crippen LogP) is 1.34. The van der Waals surface area contributed by atoms with Crippen molar-refractivity contribution in [2.75, 3.05) is 25.0 Å². The second-order valence-electron chi connectivity index (χ2n) is 6.57. The Morgan fingerprint density at radius 2 is 2.12 bits per heavy atom. The van der Waals surface area contributed by atoms with Gasteiger partial charge >= 0.3 is 11.8 Å². The number of carbonyl (C=O) groups is 2. The molecule has 2 aromatic heterocycles. The van der Waals surface area contributed by atoms with E-state index in [0.717, 1.165) is 32.5 Å². The molecule has 2 N–H and O–H groups in total. The first-order valence-electron chi connectivity index (χ1n) is 8.74. The number of piperidine rings is 1. The quantitative estimate of drug-likeness (QED) is 0.784. The average molecular weight is 357 g/mol. The van der Waals surface area contributed by atoms with E-state index in [4.69, 9.17) is 4.52 Å². The topological polar surface area (TPSA) is 100 Å². The van der Waals surface area contributed by atoms with Gasteiger partial charge in [0.15, 0.2) is 5.82 Å². The molecule has 0 saturated carbocycles. The minimum Gasteiger partial charge on any atom is -0.360 e. The van der Waals surface area contributed by atoms with Gasteiger partial charge in [0, 0.05) is 31.5 Å². The molecule has 2 aromatic rings. The van der Waals surface area contributed by atoms with Crippen LogP contribution in [0.25, 0.3) is 0 Å². The Bertz CT molecular complexity index is 738. The summed E-state index contributed by atoms with van der Waals surface area (Å²) in [5, 5.41) is 8.75. The van der Waals surface area contributed by atoms with Crippen LogP contribution in [0, 0.1) is 12.8 Å². The van der Waals surface area contributed by atoms with E-state index < -0.39 is 11.8 Å². The van der Waals surface area contributed by atoms with Crippen molar-refractivity contribution in [3.05, 3.63) is 41.9 Å². The molecule has 0 aliphatic carbocycles. The minimum absolute atomic E-state index is 0.242. The van der Waals surface area contributed by atoms with Gasteiger partial charge in [-0.15, -0.1) is 0 Å². The monoisotopic (exact) mass is 357 g/mol. The van der Waals surface area contributed by atoms with Crippen LogP contribution in [0.15, 0.2) is 35.1 Å². The van der Waals surface area contributed by atoms with Crippen LogP contribution in [-0.2, 0) is 16.1 Å². The summed E-state index contributed by atoms with van der Waals surface area (Å²) in [5.41, 5.74) is 1.21. The van der Waals surface area contributed by atoms with Crippen LogP contribution >= 0.6 is 0 Å². The maximum Gasteiger partial charge on any atom is 0.314 e. The standard InChI is InChI=1S/C18H23N5O3/c1-13-9-16(22-26-13)21-18(25)17(24)20-11-14-4-7-23(8-5-14)12-15-3-2-6-19-10-15/h2-3,6,9-10,14H,4-5,7-8,11-12H2,1H3,(H,20,24)(H,21,22,25). The molecule has 3 rings (SSSR count). The Balaban J connectivity index is 1.36. The number of hydrogen-bond donors (Lipinski definition) is 2. The van der Waals surface area contributed by atoms with Gasteiger partial charge in [0.05, 0.1) is 0 Å². The minimum atomic E-state index is -0.729. The largest absolute Gasteiger partial charge is 0.360 e. The van der Waals surface area contributed by atoms with Crippen LogP contribution in [0.3, 0.4) is 0 Å². The lowest BCUT2D eigenvalue weighted by Crippen LogP contribution is -2.41. The fraction of sp³-hybridized carbons (Fsp3) is 0.444. The highest BCUT2D eigenvalue weighted by atomic mass is 16.5. The summed E-state index contributed by atoms with van der Waals surface area (Å²) in [6.45, 7) is 5.06. The summed E-state index contributed by atoms with van der Waals surface area (Å²) >= 11 is 0. The molecule has 26 heavy (non-hydrogen) atoms. The molecule has 1 aliphatic heterocycles. The third-order valence-corrected chi connectivity index (χ3v) is 4.46. The highest BCUT2D eigenvalue weighted by Gasteiger charge is 2.21. The van der Waals surface area contributed by atoms with Gasteiger partial charge in [0.2, 0.25) is 0 Å². The molecule has 0 atom stereocenters. The van der Waals surface area contributed by atoms with E-state index in [-0.39, 0.29) is 5.82 Å². The lowest BCUT2D eigenvalue weighted by Gasteiger charge is -2.31. The number of pyridine rings is 1. The molecule has 8 heteroatoms. The smallest absolute Gasteiger partial charge is 0.314 e. The van der Waals surface area contributed by atoms with E-state index in [1.165, 1.54) is 5.56 Å². The first-order valence-corrected chi connectivity index (χ1v) is 8.74. The van der Waals surface area contributed by atoms with Gasteiger partial charge in [-0.1, -0.05) is 11.2 Å². The van der Waals surface area contributed by atoms with Crippen molar-refractivity contribution in [2.45, 2.75) is 26.3 Å². The van der Waals surface area contributed by atoms with Crippen LogP contribution in [0.5, 0.6) is 0 Å². The number of nitrogens with one attached hydrogen (secondary N) is 2. The van der Waals surface area contributed by atoms with Crippen molar-refractivity contribution in [1.29, 1.82) is 0 Å². The molecule has 1 fully saturated rings. The van der Waals surface area contributed by atoms with E-state index in [2.05, 4.69) is 31.7 Å². The number of likely N-dealkylation sites (tertiary alicyclic amines) is 1. The van der Waals surface area contributed by atoms with Gasteiger partial charge in [-0.2, -0.15) is 0 Å². The van der Waals surface area contributed by atoms with Crippen LogP contribution in [-0.4, -0.2) is 46.5 Å². The van der Waals surface area contributed by atoms with E-state index in [1.807, 2.05) is 12.3 Å². The first-order chi connectivity index (χ1) is 12.6. The van der Waals surface area contributed by atoms with Gasteiger partial charge in [-0.3, -0.25) is 24.8 Å². The number of rotatable bonds is 5. The highest BCUT2D eigenvalue weighted by Crippen LogP contribution is 2.18. The highest BCUT2D eigenvalue weighted by molar-refractivity contribution is 6.39. The zero-order valence-electron chi connectivity index (χ0n) is 14.8. The Hall–Kier alpha value is -2.74. The van der Waals surface area contributed by atoms with E-state index in [9.17, 15) is 9.59 Å². The number of anilines is 1. The lowest BCUT2D eigenvalue weighted by molar-refractivity contribution is -0.136. The normalized spacial score (nSPS) is 15.6. The number of amides is 2. The summed E-state index contributed by atoms with van der Waals surface area (Å²) in [7, 11) is 0. The molecule has 0 aromatic carbocycles. The summed E-state index contributed by atoms with van der Waals surface area (Å²) in [6.07, 6.45) is 5.65. The second-order valence-corrected chi connectivity index (χ2v) is 6.57. The van der Waals surface area contributed by atoms with Crippen LogP contribution in [0.4, 0.5) is 5.82 Å². The molecule has 3 heterocycles. The van der Waals surface area contributed by atoms with E-state index >= 15 is 0 Å². The van der Waals surface area contributed by atoms with Crippen molar-refractivity contribution < 1.29 is 14.1 Å². The van der Waals surface area contributed by atoms with Gasteiger partial charge in [-0.05, 0) is 50.4 Å². The summed E-state index contributed by atoms with van der Waals surface area (Å²) in [6, 6.07) is 5.58. The predicted molar refractivity (Wildman–Crippen MR) is 95.1 cm³/mol. The zero-order chi connectivity index (χ0) is 18.4. The van der Waals surface area contributed by atoms with Crippen LogP contribution in [0.2, 0.25) is 0 Å². The lowest BCUT2D eigenvalue weighted by atomic mass is 9.96. The molecular weight excluding hydrogens is 334 g/mol. The third kappa shape index (κ3) is 5.13. The molecule has 1 saturated heterocycles. The maximum atomic E-state index is 11.9. The molecule has 2 amide bonds. The van der Waals surface area contributed by atoms with Crippen molar-refractivity contribution in [2.24, 2.45) is 5.92 Å². The third-order valence-electron chi connectivity index (χ3n) is 4.46. The SMILES string of the molecule is Cc1cc(NC(=O)C(=O)NCC2CCN(Cc3cccnc3)CC2)no1. The summed E-state index contributed by atoms with van der Waals surface area (Å²) in [4.78, 5) is 30.3. The molecule has 0 bridgehead atoms. The zero-order valence-corrected chi connectivity index (χ0v) is 14.8. The number of hydrogen-bond acceptors (Lipinski definition) is 6. The maximum absolute atomic E-state index is 11.9. The average Bonchev–Trinajstić information content (AvgIpc) is 3.06. The number of aromatic nitrogens is 2. The molecule has 0 radical (unpaired) electrons. The Morgan fingerprint density at radius 1 is 1.31 bits per heavy atom. The first kappa shape index (κ1) is 18.1. The fourth-order valence-corrected chi connectivity index (χ4v) is 3.01. The number of nitrogens with zero attached hydrogens (tertiary/aromatic N) is 3. The second kappa shape index (κ2) is 8.57. The van der Waals surface area contributed by atoms with Gasteiger partial charge in [-0.25, -0.2) is 0 Å². The summed E-state index contributed by atoms with van der Waals surface area (Å²) in [5.74, 6) is -0.188. The Labute approximate surface area is 151 Å². The van der Waals surface area contributed by atoms with Crippen molar-refractivity contribution in [3.63, 3.8) is 0 Å². The van der Waals surface area contributed by atoms with E-state index in [0.29, 0.717) is 18.2 Å². The van der Waals surface area contributed by atoms with Gasteiger partial charge in [0.25, 0.3) is 0 Å². The van der Waals surface area contributed by atoms with Gasteiger partial charge in [0.1, 0.15) is 5.76 Å². The van der Waals surface area contributed by atoms with Crippen LogP contribution < -0.4 is 10.6 Å². The number of carbonyl (C=O) groups excluding carboxylic acids is 2. The van der Waals surface area contributed by atoms with Crippen molar-refractivity contribution in [3.8, 4) is 0 Å². The fourth-order valence-electron chi connectivity index (χ4n) is 3.01. The van der Waals surface area contributed by atoms with E-state index in [1.54, 1.807) is 19.2 Å². The Morgan fingerprint density at radius 3 is 2.77 bits per heavy atom.